The molecule has 0 saturated heterocycles. The summed E-state index contributed by atoms with van der Waals surface area (Å²) in [6.07, 6.45) is 0.0959. The number of amides is 1. The molecule has 0 aliphatic heterocycles. The lowest BCUT2D eigenvalue weighted by molar-refractivity contribution is -0.116. The van der Waals surface area contributed by atoms with Crippen LogP contribution in [0.25, 0.3) is 10.8 Å². The van der Waals surface area contributed by atoms with Crippen molar-refractivity contribution in [3.05, 3.63) is 78.1 Å². The molecule has 3 aromatic rings. The topological polar surface area (TPSA) is 46.2 Å². The van der Waals surface area contributed by atoms with Crippen molar-refractivity contribution in [3.8, 4) is 0 Å². The van der Waals surface area contributed by atoms with Gasteiger partial charge in [0.2, 0.25) is 5.91 Å². The SMILES string of the molecule is O=C(CCC(=O)c1ccc2ccccc2c1)Nc1ccccc1F. The van der Waals surface area contributed by atoms with Crippen LogP contribution in [0.5, 0.6) is 0 Å². The monoisotopic (exact) mass is 321 g/mol. The van der Waals surface area contributed by atoms with Gasteiger partial charge in [-0.05, 0) is 29.0 Å². The number of nitrogens with one attached hydrogen (secondary N) is 1. The number of halogens is 1. The van der Waals surface area contributed by atoms with Crippen LogP contribution in [0.4, 0.5) is 10.1 Å². The lowest BCUT2D eigenvalue weighted by atomic mass is 10.0. The Morgan fingerprint density at radius 1 is 0.833 bits per heavy atom. The van der Waals surface area contributed by atoms with Crippen LogP contribution in [0.1, 0.15) is 23.2 Å². The fourth-order valence-corrected chi connectivity index (χ4v) is 2.51. The molecule has 0 fully saturated rings. The molecule has 1 N–H and O–H groups in total. The van der Waals surface area contributed by atoms with Gasteiger partial charge in [0.05, 0.1) is 5.69 Å². The molecule has 3 nitrogen and oxygen atoms in total. The van der Waals surface area contributed by atoms with E-state index >= 15 is 0 Å². The van der Waals surface area contributed by atoms with E-state index < -0.39 is 5.82 Å². The molecule has 0 unspecified atom stereocenters. The van der Waals surface area contributed by atoms with E-state index in [0.29, 0.717) is 5.56 Å². The van der Waals surface area contributed by atoms with Crippen molar-refractivity contribution < 1.29 is 14.0 Å². The molecule has 120 valence electrons. The van der Waals surface area contributed by atoms with Crippen LogP contribution in [0, 0.1) is 5.82 Å². The molecule has 0 spiro atoms. The first-order valence-corrected chi connectivity index (χ1v) is 7.70. The molecular weight excluding hydrogens is 305 g/mol. The van der Waals surface area contributed by atoms with E-state index in [1.54, 1.807) is 18.2 Å². The lowest BCUT2D eigenvalue weighted by Crippen LogP contribution is -2.14. The van der Waals surface area contributed by atoms with Crippen molar-refractivity contribution in [1.82, 2.24) is 0 Å². The maximum Gasteiger partial charge on any atom is 0.224 e. The number of hydrogen-bond donors (Lipinski definition) is 1. The van der Waals surface area contributed by atoms with E-state index in [1.165, 1.54) is 12.1 Å². The molecule has 0 saturated carbocycles. The third kappa shape index (κ3) is 3.66. The van der Waals surface area contributed by atoms with Gasteiger partial charge in [-0.25, -0.2) is 4.39 Å². The first kappa shape index (κ1) is 15.9. The van der Waals surface area contributed by atoms with Gasteiger partial charge in [-0.1, -0.05) is 48.5 Å². The molecule has 0 aliphatic rings. The Hall–Kier alpha value is -3.01. The van der Waals surface area contributed by atoms with E-state index in [2.05, 4.69) is 5.32 Å². The Morgan fingerprint density at radius 2 is 1.54 bits per heavy atom. The average Bonchev–Trinajstić information content (AvgIpc) is 2.61. The second kappa shape index (κ2) is 7.04. The Bertz CT molecular complexity index is 905. The third-order valence-electron chi connectivity index (χ3n) is 3.80. The van der Waals surface area contributed by atoms with Gasteiger partial charge < -0.3 is 5.32 Å². The Balaban J connectivity index is 1.62. The molecule has 0 heterocycles. The van der Waals surface area contributed by atoms with Gasteiger partial charge in [0.1, 0.15) is 5.82 Å². The standard InChI is InChI=1S/C20H16FNO2/c21-17-7-3-4-8-18(17)22-20(24)12-11-19(23)16-10-9-14-5-1-2-6-15(14)13-16/h1-10,13H,11-12H2,(H,22,24). The number of hydrogen-bond acceptors (Lipinski definition) is 2. The van der Waals surface area contributed by atoms with Gasteiger partial charge in [-0.3, -0.25) is 9.59 Å². The molecular formula is C20H16FNO2. The molecule has 0 atom stereocenters. The van der Waals surface area contributed by atoms with Gasteiger partial charge in [-0.15, -0.1) is 0 Å². The number of Topliss-reactive ketones (excluding diaryl/α,β-unsaturated/α-hetero) is 1. The first-order valence-electron chi connectivity index (χ1n) is 7.70. The number of rotatable bonds is 5. The minimum Gasteiger partial charge on any atom is -0.324 e. The largest absolute Gasteiger partial charge is 0.324 e. The van der Waals surface area contributed by atoms with E-state index in [-0.39, 0.29) is 30.2 Å². The molecule has 3 rings (SSSR count). The van der Waals surface area contributed by atoms with Crippen LogP contribution in [0.2, 0.25) is 0 Å². The highest BCUT2D eigenvalue weighted by Crippen LogP contribution is 2.18. The number of para-hydroxylation sites is 1. The molecule has 4 heteroatoms. The number of anilines is 1. The number of benzene rings is 3. The summed E-state index contributed by atoms with van der Waals surface area (Å²) in [5.41, 5.74) is 0.702. The molecule has 0 aromatic heterocycles. The summed E-state index contributed by atoms with van der Waals surface area (Å²) in [6.45, 7) is 0. The minimum atomic E-state index is -0.494. The Labute approximate surface area is 139 Å². The normalized spacial score (nSPS) is 10.5. The van der Waals surface area contributed by atoms with Gasteiger partial charge in [0.25, 0.3) is 0 Å². The lowest BCUT2D eigenvalue weighted by Gasteiger charge is -2.06. The number of fused-ring (bicyclic) bond motifs is 1. The molecule has 0 bridgehead atoms. The van der Waals surface area contributed by atoms with Gasteiger partial charge in [0.15, 0.2) is 5.78 Å². The zero-order valence-electron chi connectivity index (χ0n) is 13.0. The number of carbonyl (C=O) groups is 2. The molecule has 0 aliphatic carbocycles. The summed E-state index contributed by atoms with van der Waals surface area (Å²) in [6, 6.07) is 19.2. The Morgan fingerprint density at radius 3 is 2.33 bits per heavy atom. The van der Waals surface area contributed by atoms with E-state index in [4.69, 9.17) is 0 Å². The second-order valence-corrected chi connectivity index (χ2v) is 5.51. The first-order chi connectivity index (χ1) is 11.6. The average molecular weight is 321 g/mol. The Kier molecular flexibility index (Phi) is 4.66. The van der Waals surface area contributed by atoms with Gasteiger partial charge in [0, 0.05) is 18.4 Å². The van der Waals surface area contributed by atoms with Crippen LogP contribution in [0.3, 0.4) is 0 Å². The third-order valence-corrected chi connectivity index (χ3v) is 3.80. The number of ketones is 1. The highest BCUT2D eigenvalue weighted by molar-refractivity contribution is 6.02. The summed E-state index contributed by atoms with van der Waals surface area (Å²) in [5, 5.41) is 4.53. The van der Waals surface area contributed by atoms with E-state index in [0.717, 1.165) is 10.8 Å². The van der Waals surface area contributed by atoms with Gasteiger partial charge in [-0.2, -0.15) is 0 Å². The fourth-order valence-electron chi connectivity index (χ4n) is 2.51. The van der Waals surface area contributed by atoms with E-state index in [1.807, 2.05) is 36.4 Å². The maximum absolute atomic E-state index is 13.5. The predicted octanol–water partition coefficient (Wildman–Crippen LogP) is 4.58. The van der Waals surface area contributed by atoms with Crippen LogP contribution >= 0.6 is 0 Å². The summed E-state index contributed by atoms with van der Waals surface area (Å²) < 4.78 is 13.5. The minimum absolute atomic E-state index is 0.0139. The second-order valence-electron chi connectivity index (χ2n) is 5.51. The summed E-state index contributed by atoms with van der Waals surface area (Å²) in [5.74, 6) is -0.981. The van der Waals surface area contributed by atoms with Crippen molar-refractivity contribution in [2.75, 3.05) is 5.32 Å². The van der Waals surface area contributed by atoms with Crippen LogP contribution in [-0.2, 0) is 4.79 Å². The predicted molar refractivity (Wildman–Crippen MR) is 92.5 cm³/mol. The smallest absolute Gasteiger partial charge is 0.224 e. The van der Waals surface area contributed by atoms with Crippen LogP contribution in [0.15, 0.2) is 66.7 Å². The van der Waals surface area contributed by atoms with Gasteiger partial charge >= 0.3 is 0 Å². The molecule has 1 amide bonds. The van der Waals surface area contributed by atoms with Crippen molar-refractivity contribution in [1.29, 1.82) is 0 Å². The molecule has 24 heavy (non-hydrogen) atoms. The fraction of sp³-hybridized carbons (Fsp3) is 0.100. The summed E-state index contributed by atoms with van der Waals surface area (Å²) in [4.78, 5) is 24.1. The highest BCUT2D eigenvalue weighted by Gasteiger charge is 2.11. The summed E-state index contributed by atoms with van der Waals surface area (Å²) in [7, 11) is 0. The number of carbonyl (C=O) groups excluding carboxylic acids is 2. The maximum atomic E-state index is 13.5. The van der Waals surface area contributed by atoms with Crippen LogP contribution in [-0.4, -0.2) is 11.7 Å². The van der Waals surface area contributed by atoms with E-state index in [9.17, 15) is 14.0 Å². The van der Waals surface area contributed by atoms with Crippen molar-refractivity contribution in [3.63, 3.8) is 0 Å². The van der Waals surface area contributed by atoms with Crippen LogP contribution < -0.4 is 5.32 Å². The van der Waals surface area contributed by atoms with Crippen molar-refractivity contribution >= 4 is 28.2 Å². The molecule has 0 radical (unpaired) electrons. The highest BCUT2D eigenvalue weighted by atomic mass is 19.1. The zero-order valence-corrected chi connectivity index (χ0v) is 13.0. The quantitative estimate of drug-likeness (QED) is 0.699. The van der Waals surface area contributed by atoms with Crippen molar-refractivity contribution in [2.24, 2.45) is 0 Å². The molecule has 3 aromatic carbocycles. The summed E-state index contributed by atoms with van der Waals surface area (Å²) >= 11 is 0. The van der Waals surface area contributed by atoms with Crippen molar-refractivity contribution in [2.45, 2.75) is 12.8 Å². The zero-order chi connectivity index (χ0) is 16.9.